The third-order valence-corrected chi connectivity index (χ3v) is 3.14. The van der Waals surface area contributed by atoms with Crippen molar-refractivity contribution >= 4 is 17.8 Å². The van der Waals surface area contributed by atoms with E-state index < -0.39 is 23.8 Å². The summed E-state index contributed by atoms with van der Waals surface area (Å²) in [7, 11) is 0. The van der Waals surface area contributed by atoms with Gasteiger partial charge in [-0.25, -0.2) is 10.3 Å². The van der Waals surface area contributed by atoms with Gasteiger partial charge in [0.2, 0.25) is 5.91 Å². The average molecular weight is 309 g/mol. The topological polar surface area (TPSA) is 113 Å². The number of carbonyl (C=O) groups is 3. The van der Waals surface area contributed by atoms with Crippen LogP contribution in [0.1, 0.15) is 35.7 Å². The van der Waals surface area contributed by atoms with Crippen LogP contribution in [0.15, 0.2) is 24.3 Å². The minimum Gasteiger partial charge on any atom is -0.481 e. The molecular weight excluding hydrogens is 290 g/mol. The summed E-state index contributed by atoms with van der Waals surface area (Å²) < 4.78 is 4.86. The highest BCUT2D eigenvalue weighted by atomic mass is 16.5. The molecule has 0 spiro atoms. The lowest BCUT2D eigenvalue weighted by molar-refractivity contribution is -0.142. The lowest BCUT2D eigenvalue weighted by atomic mass is 9.94. The zero-order chi connectivity index (χ0) is 16.5. The van der Waals surface area contributed by atoms with Crippen LogP contribution in [-0.4, -0.2) is 34.8 Å². The normalized spacial score (nSPS) is 11.5. The predicted molar refractivity (Wildman–Crippen MR) is 76.4 cm³/mol. The molecule has 0 saturated carbocycles. The summed E-state index contributed by atoms with van der Waals surface area (Å²) in [5.74, 6) is -2.81. The molecule has 0 aliphatic carbocycles. The van der Waals surface area contributed by atoms with Crippen LogP contribution < -0.4 is 5.48 Å². The Labute approximate surface area is 127 Å². The molecule has 0 fully saturated rings. The molecule has 1 atom stereocenters. The van der Waals surface area contributed by atoms with Crippen molar-refractivity contribution in [1.29, 1.82) is 0 Å². The van der Waals surface area contributed by atoms with Crippen molar-refractivity contribution in [3.05, 3.63) is 35.4 Å². The number of carboxylic acid groups (broad SMARTS) is 1. The van der Waals surface area contributed by atoms with E-state index in [1.54, 1.807) is 31.2 Å². The lowest BCUT2D eigenvalue weighted by Crippen LogP contribution is -2.23. The van der Waals surface area contributed by atoms with Crippen LogP contribution >= 0.6 is 0 Å². The van der Waals surface area contributed by atoms with Crippen LogP contribution in [0.2, 0.25) is 0 Å². The molecule has 0 radical (unpaired) electrons. The van der Waals surface area contributed by atoms with Crippen molar-refractivity contribution < 1.29 is 29.4 Å². The first-order valence-electron chi connectivity index (χ1n) is 6.89. The second kappa shape index (κ2) is 8.78. The molecule has 0 bridgehead atoms. The Hall–Kier alpha value is -2.41. The van der Waals surface area contributed by atoms with Gasteiger partial charge in [-0.1, -0.05) is 12.1 Å². The van der Waals surface area contributed by atoms with Gasteiger partial charge in [-0.2, -0.15) is 0 Å². The van der Waals surface area contributed by atoms with Crippen molar-refractivity contribution in [3.8, 4) is 0 Å². The molecule has 7 heteroatoms. The molecule has 1 unspecified atom stereocenters. The highest BCUT2D eigenvalue weighted by molar-refractivity contribution is 5.89. The van der Waals surface area contributed by atoms with E-state index in [9.17, 15) is 14.4 Å². The molecule has 0 aliphatic heterocycles. The highest BCUT2D eigenvalue weighted by Gasteiger charge is 2.19. The summed E-state index contributed by atoms with van der Waals surface area (Å²) in [6.07, 6.45) is 0.271. The molecule has 0 aromatic heterocycles. The van der Waals surface area contributed by atoms with E-state index in [0.717, 1.165) is 5.56 Å². The van der Waals surface area contributed by atoms with Crippen molar-refractivity contribution in [1.82, 2.24) is 5.48 Å². The maximum atomic E-state index is 11.5. The Kier molecular flexibility index (Phi) is 7.04. The first-order chi connectivity index (χ1) is 10.5. The average Bonchev–Trinajstić information content (AvgIpc) is 2.51. The first kappa shape index (κ1) is 17.6. The molecule has 1 aromatic carbocycles. The van der Waals surface area contributed by atoms with Gasteiger partial charge in [-0.15, -0.1) is 0 Å². The summed E-state index contributed by atoms with van der Waals surface area (Å²) >= 11 is 0. The van der Waals surface area contributed by atoms with Crippen LogP contribution in [0.3, 0.4) is 0 Å². The molecule has 22 heavy (non-hydrogen) atoms. The standard InChI is InChI=1S/C15H19NO6/c1-2-22-15(20)11-5-3-10(4-6-11)9-12(14(18)19)7-8-13(17)16-21/h3-6,12,21H,2,7-9H2,1H3,(H,16,17)(H,18,19). The number of aliphatic carboxylic acids is 1. The van der Waals surface area contributed by atoms with E-state index >= 15 is 0 Å². The number of nitrogens with one attached hydrogen (secondary N) is 1. The van der Waals surface area contributed by atoms with Gasteiger partial charge in [0, 0.05) is 6.42 Å². The minimum atomic E-state index is -1.01. The molecule has 1 rings (SSSR count). The van der Waals surface area contributed by atoms with Crippen molar-refractivity contribution in [3.63, 3.8) is 0 Å². The van der Waals surface area contributed by atoms with E-state index in [0.29, 0.717) is 5.56 Å². The molecular formula is C15H19NO6. The second-order valence-corrected chi connectivity index (χ2v) is 4.73. The smallest absolute Gasteiger partial charge is 0.338 e. The van der Waals surface area contributed by atoms with Gasteiger partial charge in [-0.05, 0) is 37.5 Å². The van der Waals surface area contributed by atoms with Crippen molar-refractivity contribution in [2.24, 2.45) is 5.92 Å². The first-order valence-corrected chi connectivity index (χ1v) is 6.89. The maximum Gasteiger partial charge on any atom is 0.338 e. The summed E-state index contributed by atoms with van der Waals surface area (Å²) in [4.78, 5) is 33.7. The van der Waals surface area contributed by atoms with Crippen molar-refractivity contribution in [2.45, 2.75) is 26.2 Å². The van der Waals surface area contributed by atoms with Crippen molar-refractivity contribution in [2.75, 3.05) is 6.61 Å². The number of hydrogen-bond acceptors (Lipinski definition) is 5. The molecule has 1 amide bonds. The number of ether oxygens (including phenoxy) is 1. The van der Waals surface area contributed by atoms with Crippen LogP contribution in [-0.2, 0) is 20.7 Å². The number of hydroxylamine groups is 1. The van der Waals surface area contributed by atoms with E-state index in [4.69, 9.17) is 15.1 Å². The Balaban J connectivity index is 2.67. The predicted octanol–water partition coefficient (Wildman–Crippen LogP) is 1.39. The summed E-state index contributed by atoms with van der Waals surface area (Å²) in [5.41, 5.74) is 2.61. The third kappa shape index (κ3) is 5.53. The minimum absolute atomic E-state index is 0.0750. The van der Waals surface area contributed by atoms with Crippen LogP contribution in [0.25, 0.3) is 0 Å². The molecule has 1 aromatic rings. The SMILES string of the molecule is CCOC(=O)c1ccc(CC(CCC(=O)NO)C(=O)O)cc1. The van der Waals surface area contributed by atoms with Gasteiger partial charge in [0.05, 0.1) is 18.1 Å². The van der Waals surface area contributed by atoms with Gasteiger partial charge in [0.15, 0.2) is 0 Å². The van der Waals surface area contributed by atoms with E-state index in [1.165, 1.54) is 5.48 Å². The summed E-state index contributed by atoms with van der Waals surface area (Å²) in [6.45, 7) is 2.00. The van der Waals surface area contributed by atoms with Gasteiger partial charge in [0.1, 0.15) is 0 Å². The van der Waals surface area contributed by atoms with Crippen LogP contribution in [0, 0.1) is 5.92 Å². The fraction of sp³-hybridized carbons (Fsp3) is 0.400. The van der Waals surface area contributed by atoms with Gasteiger partial charge < -0.3 is 9.84 Å². The van der Waals surface area contributed by atoms with Gasteiger partial charge in [-0.3, -0.25) is 14.8 Å². The third-order valence-electron chi connectivity index (χ3n) is 3.14. The lowest BCUT2D eigenvalue weighted by Gasteiger charge is -2.12. The quantitative estimate of drug-likeness (QED) is 0.380. The number of carbonyl (C=O) groups excluding carboxylic acids is 2. The fourth-order valence-corrected chi connectivity index (χ4v) is 1.95. The molecule has 0 saturated heterocycles. The maximum absolute atomic E-state index is 11.5. The molecule has 3 N–H and O–H groups in total. The van der Waals surface area contributed by atoms with Crippen LogP contribution in [0.5, 0.6) is 0 Å². The second-order valence-electron chi connectivity index (χ2n) is 4.73. The summed E-state index contributed by atoms with van der Waals surface area (Å²) in [5, 5.41) is 17.6. The number of esters is 1. The Morgan fingerprint density at radius 1 is 1.23 bits per heavy atom. The molecule has 0 aliphatic rings. The zero-order valence-corrected chi connectivity index (χ0v) is 12.2. The Morgan fingerprint density at radius 2 is 1.86 bits per heavy atom. The Bertz CT molecular complexity index is 525. The van der Waals surface area contributed by atoms with Gasteiger partial charge in [0.25, 0.3) is 0 Å². The monoisotopic (exact) mass is 309 g/mol. The number of amides is 1. The zero-order valence-electron chi connectivity index (χ0n) is 12.2. The summed E-state index contributed by atoms with van der Waals surface area (Å²) in [6, 6.07) is 6.47. The highest BCUT2D eigenvalue weighted by Crippen LogP contribution is 2.16. The van der Waals surface area contributed by atoms with Crippen LogP contribution in [0.4, 0.5) is 0 Å². The number of benzene rings is 1. The van der Waals surface area contributed by atoms with E-state index in [1.807, 2.05) is 0 Å². The fourth-order valence-electron chi connectivity index (χ4n) is 1.95. The largest absolute Gasteiger partial charge is 0.481 e. The number of hydrogen-bond donors (Lipinski definition) is 3. The van der Waals surface area contributed by atoms with Gasteiger partial charge >= 0.3 is 11.9 Å². The Morgan fingerprint density at radius 3 is 2.36 bits per heavy atom. The van der Waals surface area contributed by atoms with E-state index in [2.05, 4.69) is 0 Å². The number of rotatable bonds is 8. The molecule has 7 nitrogen and oxygen atoms in total. The molecule has 120 valence electrons. The van der Waals surface area contributed by atoms with E-state index in [-0.39, 0.29) is 25.9 Å². The number of carboxylic acids is 1. The molecule has 0 heterocycles.